The molecule has 23 heavy (non-hydrogen) atoms. The molecule has 0 saturated heterocycles. The number of nitrogens with zero attached hydrogens (tertiary/aromatic N) is 2. The van der Waals surface area contributed by atoms with Gasteiger partial charge in [-0.1, -0.05) is 0 Å². The van der Waals surface area contributed by atoms with E-state index in [9.17, 15) is 0 Å². The normalized spacial score (nSPS) is 17.4. The molecule has 2 aromatic heterocycles. The number of H-pyrrole nitrogens is 1. The number of hydrogen-bond acceptors (Lipinski definition) is 3. The third kappa shape index (κ3) is 2.23. The molecule has 0 aliphatic carbocycles. The van der Waals surface area contributed by atoms with Crippen molar-refractivity contribution in [2.45, 2.75) is 32.9 Å². The first-order valence-corrected chi connectivity index (χ1v) is 8.17. The summed E-state index contributed by atoms with van der Waals surface area (Å²) in [6.45, 7) is 6.07. The highest BCUT2D eigenvalue weighted by Gasteiger charge is 2.27. The van der Waals surface area contributed by atoms with E-state index in [1.807, 2.05) is 10.7 Å². The Labute approximate surface area is 135 Å². The Bertz CT molecular complexity index is 861. The van der Waals surface area contributed by atoms with Crippen LogP contribution in [0.1, 0.15) is 35.5 Å². The largest absolute Gasteiger partial charge is 0.497 e. The molecular formula is C18H22N4O. The number of nitrogens with one attached hydrogen (secondary N) is 2. The van der Waals surface area contributed by atoms with Crippen LogP contribution < -0.4 is 10.1 Å². The van der Waals surface area contributed by atoms with E-state index in [1.165, 1.54) is 27.7 Å². The second-order valence-corrected chi connectivity index (χ2v) is 6.09. The second-order valence-electron chi connectivity index (χ2n) is 6.09. The van der Waals surface area contributed by atoms with Crippen molar-refractivity contribution in [3.05, 3.63) is 46.9 Å². The maximum Gasteiger partial charge on any atom is 0.119 e. The molecule has 3 aromatic rings. The van der Waals surface area contributed by atoms with Gasteiger partial charge in [-0.2, -0.15) is 5.10 Å². The van der Waals surface area contributed by atoms with E-state index in [0.717, 1.165) is 31.0 Å². The zero-order valence-electron chi connectivity index (χ0n) is 13.8. The average Bonchev–Trinajstić information content (AvgIpc) is 3.14. The highest BCUT2D eigenvalue weighted by atomic mass is 16.5. The molecule has 0 bridgehead atoms. The lowest BCUT2D eigenvalue weighted by atomic mass is 9.95. The molecule has 0 saturated carbocycles. The minimum absolute atomic E-state index is 0.178. The van der Waals surface area contributed by atoms with Crippen LogP contribution in [0.4, 0.5) is 0 Å². The predicted molar refractivity (Wildman–Crippen MR) is 91.0 cm³/mol. The third-order valence-corrected chi connectivity index (χ3v) is 4.78. The fourth-order valence-corrected chi connectivity index (χ4v) is 3.58. The smallest absolute Gasteiger partial charge is 0.119 e. The van der Waals surface area contributed by atoms with E-state index < -0.39 is 0 Å². The quantitative estimate of drug-likeness (QED) is 0.782. The van der Waals surface area contributed by atoms with Crippen molar-refractivity contribution in [3.63, 3.8) is 0 Å². The number of benzene rings is 1. The van der Waals surface area contributed by atoms with Gasteiger partial charge in [0.05, 0.1) is 18.8 Å². The number of fused-ring (bicyclic) bond motifs is 3. The molecule has 0 spiro atoms. The summed E-state index contributed by atoms with van der Waals surface area (Å²) >= 11 is 0. The first-order chi connectivity index (χ1) is 11.2. The van der Waals surface area contributed by atoms with E-state index in [4.69, 9.17) is 4.74 Å². The van der Waals surface area contributed by atoms with Crippen molar-refractivity contribution in [1.29, 1.82) is 0 Å². The van der Waals surface area contributed by atoms with Gasteiger partial charge in [-0.3, -0.25) is 4.68 Å². The van der Waals surface area contributed by atoms with Gasteiger partial charge in [-0.15, -0.1) is 0 Å². The predicted octanol–water partition coefficient (Wildman–Crippen LogP) is 2.94. The molecule has 1 aliphatic heterocycles. The number of methoxy groups -OCH3 is 1. The summed E-state index contributed by atoms with van der Waals surface area (Å²) in [6, 6.07) is 6.42. The SMILES string of the molecule is CCn1cc(C2NCCc3c2[nH]c2ccc(OC)cc32)c(C)n1. The van der Waals surface area contributed by atoms with Crippen LogP contribution in [0.15, 0.2) is 24.4 Å². The maximum atomic E-state index is 5.39. The van der Waals surface area contributed by atoms with Gasteiger partial charge in [0.2, 0.25) is 0 Å². The highest BCUT2D eigenvalue weighted by molar-refractivity contribution is 5.86. The van der Waals surface area contributed by atoms with Crippen molar-refractivity contribution < 1.29 is 4.74 Å². The van der Waals surface area contributed by atoms with Gasteiger partial charge in [0.25, 0.3) is 0 Å². The first kappa shape index (κ1) is 14.3. The molecule has 5 nitrogen and oxygen atoms in total. The first-order valence-electron chi connectivity index (χ1n) is 8.17. The fraction of sp³-hybridized carbons (Fsp3) is 0.389. The summed E-state index contributed by atoms with van der Waals surface area (Å²) in [6.07, 6.45) is 3.19. The van der Waals surface area contributed by atoms with E-state index in [2.05, 4.69) is 47.6 Å². The molecule has 4 rings (SSSR count). The van der Waals surface area contributed by atoms with Crippen molar-refractivity contribution in [1.82, 2.24) is 20.1 Å². The number of aryl methyl sites for hydroxylation is 2. The minimum atomic E-state index is 0.178. The lowest BCUT2D eigenvalue weighted by Gasteiger charge is -2.24. The molecular weight excluding hydrogens is 288 g/mol. The molecule has 3 heterocycles. The zero-order valence-corrected chi connectivity index (χ0v) is 13.8. The number of hydrogen-bond donors (Lipinski definition) is 2. The Hall–Kier alpha value is -2.27. The average molecular weight is 310 g/mol. The lowest BCUT2D eigenvalue weighted by molar-refractivity contribution is 0.415. The fourth-order valence-electron chi connectivity index (χ4n) is 3.58. The van der Waals surface area contributed by atoms with Crippen LogP contribution in [-0.2, 0) is 13.0 Å². The summed E-state index contributed by atoms with van der Waals surface area (Å²) in [5.41, 5.74) is 6.18. The Morgan fingerprint density at radius 2 is 2.26 bits per heavy atom. The van der Waals surface area contributed by atoms with E-state index in [0.29, 0.717) is 0 Å². The van der Waals surface area contributed by atoms with Gasteiger partial charge in [0, 0.05) is 41.4 Å². The van der Waals surface area contributed by atoms with Crippen molar-refractivity contribution >= 4 is 10.9 Å². The number of aromatic amines is 1. The van der Waals surface area contributed by atoms with E-state index >= 15 is 0 Å². The number of aromatic nitrogens is 3. The van der Waals surface area contributed by atoms with Crippen LogP contribution in [0.5, 0.6) is 5.75 Å². The second kappa shape index (κ2) is 5.42. The van der Waals surface area contributed by atoms with E-state index in [-0.39, 0.29) is 6.04 Å². The van der Waals surface area contributed by atoms with E-state index in [1.54, 1.807) is 7.11 Å². The molecule has 2 N–H and O–H groups in total. The number of rotatable bonds is 3. The van der Waals surface area contributed by atoms with Crippen LogP contribution >= 0.6 is 0 Å². The molecule has 1 aliphatic rings. The third-order valence-electron chi connectivity index (χ3n) is 4.78. The topological polar surface area (TPSA) is 54.9 Å². The molecule has 1 unspecified atom stereocenters. The lowest BCUT2D eigenvalue weighted by Crippen LogP contribution is -2.30. The summed E-state index contributed by atoms with van der Waals surface area (Å²) in [4.78, 5) is 3.62. The Balaban J connectivity index is 1.86. The number of ether oxygens (including phenoxy) is 1. The van der Waals surface area contributed by atoms with Gasteiger partial charge in [0.1, 0.15) is 5.75 Å². The van der Waals surface area contributed by atoms with Gasteiger partial charge in [0.15, 0.2) is 0 Å². The standard InChI is InChI=1S/C18H22N4O/c1-4-22-10-15(11(2)21-22)17-18-13(7-8-19-17)14-9-12(23-3)5-6-16(14)20-18/h5-6,9-10,17,19-20H,4,7-8H2,1-3H3. The molecule has 0 amide bonds. The highest BCUT2D eigenvalue weighted by Crippen LogP contribution is 2.35. The van der Waals surface area contributed by atoms with Crippen LogP contribution in [0.2, 0.25) is 0 Å². The van der Waals surface area contributed by atoms with Gasteiger partial charge >= 0.3 is 0 Å². The molecule has 120 valence electrons. The molecule has 1 atom stereocenters. The summed E-state index contributed by atoms with van der Waals surface area (Å²) in [5.74, 6) is 0.907. The monoisotopic (exact) mass is 310 g/mol. The molecule has 5 heteroatoms. The van der Waals surface area contributed by atoms with Crippen LogP contribution in [-0.4, -0.2) is 28.4 Å². The minimum Gasteiger partial charge on any atom is -0.497 e. The van der Waals surface area contributed by atoms with Crippen LogP contribution in [0.3, 0.4) is 0 Å². The van der Waals surface area contributed by atoms with Gasteiger partial charge in [-0.05, 0) is 44.0 Å². The Kier molecular flexibility index (Phi) is 3.38. The summed E-state index contributed by atoms with van der Waals surface area (Å²) in [7, 11) is 1.72. The summed E-state index contributed by atoms with van der Waals surface area (Å²) in [5, 5.41) is 9.51. The van der Waals surface area contributed by atoms with Gasteiger partial charge in [-0.25, -0.2) is 0 Å². The van der Waals surface area contributed by atoms with Crippen molar-refractivity contribution in [2.75, 3.05) is 13.7 Å². The molecule has 0 radical (unpaired) electrons. The Morgan fingerprint density at radius 3 is 3.00 bits per heavy atom. The zero-order chi connectivity index (χ0) is 16.0. The van der Waals surface area contributed by atoms with Crippen LogP contribution in [0, 0.1) is 6.92 Å². The van der Waals surface area contributed by atoms with Crippen LogP contribution in [0.25, 0.3) is 10.9 Å². The van der Waals surface area contributed by atoms with Crippen molar-refractivity contribution in [2.24, 2.45) is 0 Å². The molecule has 0 fully saturated rings. The summed E-state index contributed by atoms with van der Waals surface area (Å²) < 4.78 is 7.39. The Morgan fingerprint density at radius 1 is 1.39 bits per heavy atom. The van der Waals surface area contributed by atoms with Crippen molar-refractivity contribution in [3.8, 4) is 5.75 Å². The molecule has 1 aromatic carbocycles. The van der Waals surface area contributed by atoms with Gasteiger partial charge < -0.3 is 15.0 Å². The maximum absolute atomic E-state index is 5.39.